The second-order valence-corrected chi connectivity index (χ2v) is 5.40. The fraction of sp³-hybridized carbons (Fsp3) is 0.222. The van der Waals surface area contributed by atoms with Crippen molar-refractivity contribution in [3.05, 3.63) is 71.8 Å². The van der Waals surface area contributed by atoms with E-state index in [1.165, 1.54) is 0 Å². The standard InChI is InChI=1S/C18H20N2O4/c19-15(11-13-7-3-1-4-8-13)17(21)23-24-18(22)16(20)12-14-9-5-2-6-10-14/h1-10,15-16H,11-12,19-20H2/t15-,16-/m0/s1. The molecule has 0 spiro atoms. The highest BCUT2D eigenvalue weighted by Gasteiger charge is 2.22. The van der Waals surface area contributed by atoms with Gasteiger partial charge < -0.3 is 11.5 Å². The summed E-state index contributed by atoms with van der Waals surface area (Å²) in [6.07, 6.45) is 0.570. The van der Waals surface area contributed by atoms with E-state index in [1.54, 1.807) is 0 Å². The van der Waals surface area contributed by atoms with Crippen LogP contribution in [0.1, 0.15) is 11.1 Å². The lowest BCUT2D eigenvalue weighted by molar-refractivity contribution is -0.260. The summed E-state index contributed by atoms with van der Waals surface area (Å²) in [4.78, 5) is 32.5. The Hall–Kier alpha value is -2.70. The third kappa shape index (κ3) is 5.49. The van der Waals surface area contributed by atoms with E-state index in [0.29, 0.717) is 0 Å². The molecule has 0 saturated carbocycles. The van der Waals surface area contributed by atoms with Crippen LogP contribution in [0.2, 0.25) is 0 Å². The second-order valence-electron chi connectivity index (χ2n) is 5.40. The monoisotopic (exact) mass is 328 g/mol. The molecule has 0 radical (unpaired) electrons. The highest BCUT2D eigenvalue weighted by Crippen LogP contribution is 2.05. The molecule has 6 nitrogen and oxygen atoms in total. The van der Waals surface area contributed by atoms with Crippen LogP contribution in [-0.4, -0.2) is 24.0 Å². The first kappa shape index (κ1) is 17.7. The first-order valence-electron chi connectivity index (χ1n) is 7.57. The van der Waals surface area contributed by atoms with E-state index in [-0.39, 0.29) is 12.8 Å². The third-order valence-electron chi connectivity index (χ3n) is 3.41. The number of nitrogens with two attached hydrogens (primary N) is 2. The fourth-order valence-corrected chi connectivity index (χ4v) is 2.11. The van der Waals surface area contributed by atoms with Crippen molar-refractivity contribution in [2.24, 2.45) is 11.5 Å². The number of hydrogen-bond acceptors (Lipinski definition) is 6. The van der Waals surface area contributed by atoms with Gasteiger partial charge >= 0.3 is 11.9 Å². The summed E-state index contributed by atoms with van der Waals surface area (Å²) in [5, 5.41) is 0. The topological polar surface area (TPSA) is 105 Å². The Kier molecular flexibility index (Phi) is 6.48. The molecule has 4 N–H and O–H groups in total. The van der Waals surface area contributed by atoms with Gasteiger partial charge in [0, 0.05) is 0 Å². The molecule has 24 heavy (non-hydrogen) atoms. The van der Waals surface area contributed by atoms with Crippen molar-refractivity contribution in [2.45, 2.75) is 24.9 Å². The van der Waals surface area contributed by atoms with E-state index in [0.717, 1.165) is 11.1 Å². The largest absolute Gasteiger partial charge is 0.372 e. The lowest BCUT2D eigenvalue weighted by atomic mass is 10.1. The maximum Gasteiger partial charge on any atom is 0.372 e. The van der Waals surface area contributed by atoms with Gasteiger partial charge in [0.1, 0.15) is 12.1 Å². The number of benzene rings is 2. The predicted molar refractivity (Wildman–Crippen MR) is 88.4 cm³/mol. The van der Waals surface area contributed by atoms with Gasteiger partial charge in [0.25, 0.3) is 0 Å². The molecule has 2 aromatic rings. The molecule has 0 aliphatic carbocycles. The highest BCUT2D eigenvalue weighted by molar-refractivity contribution is 5.79. The van der Waals surface area contributed by atoms with Gasteiger partial charge in [-0.05, 0) is 24.0 Å². The van der Waals surface area contributed by atoms with Gasteiger partial charge in [0.05, 0.1) is 0 Å². The Balaban J connectivity index is 1.77. The molecule has 0 heterocycles. The molecule has 0 aliphatic rings. The summed E-state index contributed by atoms with van der Waals surface area (Å²) < 4.78 is 0. The van der Waals surface area contributed by atoms with Crippen LogP contribution < -0.4 is 11.5 Å². The molecule has 0 unspecified atom stereocenters. The molecule has 126 valence electrons. The number of carbonyl (C=O) groups is 2. The Bertz CT molecular complexity index is 602. The first-order valence-corrected chi connectivity index (χ1v) is 7.57. The first-order chi connectivity index (χ1) is 11.6. The Labute approximate surface area is 140 Å². The van der Waals surface area contributed by atoms with E-state index >= 15 is 0 Å². The molecule has 2 atom stereocenters. The van der Waals surface area contributed by atoms with E-state index in [4.69, 9.17) is 11.5 Å². The van der Waals surface area contributed by atoms with E-state index in [9.17, 15) is 9.59 Å². The van der Waals surface area contributed by atoms with Gasteiger partial charge in [-0.15, -0.1) is 0 Å². The van der Waals surface area contributed by atoms with Crippen LogP contribution >= 0.6 is 0 Å². The van der Waals surface area contributed by atoms with Crippen molar-refractivity contribution in [3.8, 4) is 0 Å². The molecule has 0 bridgehead atoms. The average Bonchev–Trinajstić information content (AvgIpc) is 2.61. The van der Waals surface area contributed by atoms with E-state index in [2.05, 4.69) is 9.78 Å². The molecular weight excluding hydrogens is 308 g/mol. The number of rotatable bonds is 6. The van der Waals surface area contributed by atoms with Crippen LogP contribution in [0.3, 0.4) is 0 Å². The average molecular weight is 328 g/mol. The van der Waals surface area contributed by atoms with Gasteiger partial charge in [0.2, 0.25) is 0 Å². The lowest BCUT2D eigenvalue weighted by Gasteiger charge is -2.12. The van der Waals surface area contributed by atoms with Gasteiger partial charge in [-0.25, -0.2) is 19.4 Å². The van der Waals surface area contributed by atoms with E-state index < -0.39 is 24.0 Å². The van der Waals surface area contributed by atoms with Crippen molar-refractivity contribution >= 4 is 11.9 Å². The third-order valence-corrected chi connectivity index (χ3v) is 3.41. The summed E-state index contributed by atoms with van der Waals surface area (Å²) in [7, 11) is 0. The summed E-state index contributed by atoms with van der Waals surface area (Å²) in [5.74, 6) is -1.64. The molecule has 0 aliphatic heterocycles. The molecule has 0 fully saturated rings. The number of hydrogen-bond donors (Lipinski definition) is 2. The van der Waals surface area contributed by atoms with Crippen molar-refractivity contribution in [3.63, 3.8) is 0 Å². The molecule has 0 saturated heterocycles. The van der Waals surface area contributed by atoms with Crippen LogP contribution in [0.4, 0.5) is 0 Å². The zero-order valence-electron chi connectivity index (χ0n) is 13.1. The molecular formula is C18H20N2O4. The molecule has 6 heteroatoms. The van der Waals surface area contributed by atoms with Crippen LogP contribution in [0, 0.1) is 0 Å². The molecule has 0 aromatic heterocycles. The number of carbonyl (C=O) groups excluding carboxylic acids is 2. The molecule has 2 aromatic carbocycles. The maximum absolute atomic E-state index is 11.8. The minimum absolute atomic E-state index is 0.285. The summed E-state index contributed by atoms with van der Waals surface area (Å²) >= 11 is 0. The Morgan fingerprint density at radius 1 is 0.708 bits per heavy atom. The lowest BCUT2D eigenvalue weighted by Crippen LogP contribution is -2.38. The summed E-state index contributed by atoms with van der Waals surface area (Å²) in [6, 6.07) is 16.6. The van der Waals surface area contributed by atoms with Crippen molar-refractivity contribution in [1.82, 2.24) is 0 Å². The summed E-state index contributed by atoms with van der Waals surface area (Å²) in [6.45, 7) is 0. The molecule has 2 rings (SSSR count). The minimum Gasteiger partial charge on any atom is -0.318 e. The van der Waals surface area contributed by atoms with Crippen molar-refractivity contribution < 1.29 is 19.4 Å². The van der Waals surface area contributed by atoms with Gasteiger partial charge in [0.15, 0.2) is 0 Å². The summed E-state index contributed by atoms with van der Waals surface area (Å²) in [5.41, 5.74) is 13.2. The fourth-order valence-electron chi connectivity index (χ4n) is 2.11. The minimum atomic E-state index is -0.925. The van der Waals surface area contributed by atoms with Crippen LogP contribution in [-0.2, 0) is 32.2 Å². The van der Waals surface area contributed by atoms with Crippen LogP contribution in [0.15, 0.2) is 60.7 Å². The maximum atomic E-state index is 11.8. The normalized spacial score (nSPS) is 12.9. The van der Waals surface area contributed by atoms with E-state index in [1.807, 2.05) is 60.7 Å². The van der Waals surface area contributed by atoms with Crippen LogP contribution in [0.25, 0.3) is 0 Å². The highest BCUT2D eigenvalue weighted by atomic mass is 17.2. The zero-order valence-corrected chi connectivity index (χ0v) is 13.1. The SMILES string of the molecule is N[C@@H](Cc1ccccc1)C(=O)OOC(=O)[C@@H](N)Cc1ccccc1. The predicted octanol–water partition coefficient (Wildman–Crippen LogP) is 1.13. The Morgan fingerprint density at radius 3 is 1.38 bits per heavy atom. The van der Waals surface area contributed by atoms with Gasteiger partial charge in [-0.1, -0.05) is 60.7 Å². The van der Waals surface area contributed by atoms with Crippen LogP contribution in [0.5, 0.6) is 0 Å². The Morgan fingerprint density at radius 2 is 1.04 bits per heavy atom. The van der Waals surface area contributed by atoms with Gasteiger partial charge in [-0.2, -0.15) is 0 Å². The second kappa shape index (κ2) is 8.81. The van der Waals surface area contributed by atoms with Crippen molar-refractivity contribution in [2.75, 3.05) is 0 Å². The van der Waals surface area contributed by atoms with Gasteiger partial charge in [-0.3, -0.25) is 0 Å². The smallest absolute Gasteiger partial charge is 0.318 e. The quantitative estimate of drug-likeness (QED) is 0.608. The zero-order chi connectivity index (χ0) is 17.4. The van der Waals surface area contributed by atoms with Crippen molar-refractivity contribution in [1.29, 1.82) is 0 Å². The molecule has 0 amide bonds.